The predicted molar refractivity (Wildman–Crippen MR) is 95.7 cm³/mol. The second kappa shape index (κ2) is 8.22. The zero-order valence-corrected chi connectivity index (χ0v) is 15.2. The first kappa shape index (κ1) is 19.8. The van der Waals surface area contributed by atoms with E-state index in [2.05, 4.69) is 0 Å². The van der Waals surface area contributed by atoms with E-state index in [4.69, 9.17) is 18.6 Å². The third-order valence-electron chi connectivity index (χ3n) is 3.72. The molecule has 1 aromatic heterocycles. The molecule has 0 amide bonds. The number of carbonyl (C=O) groups is 2. The SMILES string of the molecule is C/C=C\c1occ(C(=O)c2c(OC)cc(OC)cc2C(=O)OC)c(=O)c1O. The quantitative estimate of drug-likeness (QED) is 0.606. The Bertz CT molecular complexity index is 968. The summed E-state index contributed by atoms with van der Waals surface area (Å²) in [5, 5.41) is 9.99. The minimum atomic E-state index is -0.937. The Hall–Kier alpha value is -3.55. The summed E-state index contributed by atoms with van der Waals surface area (Å²) in [4.78, 5) is 37.5. The van der Waals surface area contributed by atoms with Crippen LogP contribution in [0.2, 0.25) is 0 Å². The van der Waals surface area contributed by atoms with Gasteiger partial charge in [-0.3, -0.25) is 9.59 Å². The molecule has 0 aliphatic carbocycles. The number of ketones is 1. The van der Waals surface area contributed by atoms with Crippen LogP contribution in [0.3, 0.4) is 0 Å². The standard InChI is InChI=1S/C19H18O8/c1-5-6-13-18(22)17(21)12(9-27-13)16(20)15-11(19(23)26-4)7-10(24-2)8-14(15)25-3/h5-9,22H,1-4H3/b6-5-. The number of allylic oxidation sites excluding steroid dienone is 1. The molecule has 0 fully saturated rings. The van der Waals surface area contributed by atoms with Crippen LogP contribution in [0.25, 0.3) is 6.08 Å². The van der Waals surface area contributed by atoms with Crippen LogP contribution in [0, 0.1) is 0 Å². The van der Waals surface area contributed by atoms with Crippen molar-refractivity contribution in [3.05, 3.63) is 57.1 Å². The summed E-state index contributed by atoms with van der Waals surface area (Å²) in [7, 11) is 3.82. The van der Waals surface area contributed by atoms with Crippen LogP contribution in [0.1, 0.15) is 39.0 Å². The normalized spacial score (nSPS) is 10.7. The predicted octanol–water partition coefficient (Wildman–Crippen LogP) is 2.41. The second-order valence-corrected chi connectivity index (χ2v) is 5.26. The molecule has 27 heavy (non-hydrogen) atoms. The number of aromatic hydroxyl groups is 1. The molecule has 0 unspecified atom stereocenters. The van der Waals surface area contributed by atoms with Crippen molar-refractivity contribution in [3.63, 3.8) is 0 Å². The molecule has 0 spiro atoms. The number of hydrogen-bond acceptors (Lipinski definition) is 8. The van der Waals surface area contributed by atoms with Crippen LogP contribution in [0.5, 0.6) is 17.2 Å². The third-order valence-corrected chi connectivity index (χ3v) is 3.72. The molecule has 0 radical (unpaired) electrons. The van der Waals surface area contributed by atoms with Gasteiger partial charge in [0.25, 0.3) is 0 Å². The second-order valence-electron chi connectivity index (χ2n) is 5.26. The van der Waals surface area contributed by atoms with Crippen molar-refractivity contribution in [2.75, 3.05) is 21.3 Å². The van der Waals surface area contributed by atoms with E-state index in [-0.39, 0.29) is 28.4 Å². The Morgan fingerprint density at radius 2 is 1.81 bits per heavy atom. The van der Waals surface area contributed by atoms with E-state index in [9.17, 15) is 19.5 Å². The van der Waals surface area contributed by atoms with Crippen molar-refractivity contribution >= 4 is 17.8 Å². The van der Waals surface area contributed by atoms with Crippen molar-refractivity contribution in [3.8, 4) is 17.2 Å². The van der Waals surface area contributed by atoms with Crippen LogP contribution in [0.4, 0.5) is 0 Å². The van der Waals surface area contributed by atoms with Crippen LogP contribution in [0.15, 0.2) is 33.7 Å². The van der Waals surface area contributed by atoms with Crippen molar-refractivity contribution in [1.29, 1.82) is 0 Å². The first-order valence-electron chi connectivity index (χ1n) is 7.76. The number of esters is 1. The summed E-state index contributed by atoms with van der Waals surface area (Å²) < 4.78 is 20.1. The maximum absolute atomic E-state index is 13.0. The molecule has 1 aromatic carbocycles. The highest BCUT2D eigenvalue weighted by molar-refractivity contribution is 6.16. The summed E-state index contributed by atoms with van der Waals surface area (Å²) in [5.41, 5.74) is -1.77. The summed E-state index contributed by atoms with van der Waals surface area (Å²) >= 11 is 0. The number of carbonyl (C=O) groups excluding carboxylic acids is 2. The largest absolute Gasteiger partial charge is 0.502 e. The summed E-state index contributed by atoms with van der Waals surface area (Å²) in [6, 6.07) is 2.67. The van der Waals surface area contributed by atoms with Gasteiger partial charge < -0.3 is 23.7 Å². The highest BCUT2D eigenvalue weighted by Gasteiger charge is 2.28. The van der Waals surface area contributed by atoms with E-state index in [0.717, 1.165) is 13.4 Å². The lowest BCUT2D eigenvalue weighted by molar-refractivity contribution is 0.0596. The van der Waals surface area contributed by atoms with Crippen LogP contribution < -0.4 is 14.9 Å². The molecule has 0 saturated heterocycles. The van der Waals surface area contributed by atoms with Crippen LogP contribution >= 0.6 is 0 Å². The van der Waals surface area contributed by atoms with Gasteiger partial charge in [-0.15, -0.1) is 0 Å². The van der Waals surface area contributed by atoms with Gasteiger partial charge in [-0.05, 0) is 19.1 Å². The van der Waals surface area contributed by atoms with Gasteiger partial charge in [0.05, 0.1) is 32.5 Å². The minimum Gasteiger partial charge on any atom is -0.502 e. The van der Waals surface area contributed by atoms with Gasteiger partial charge in [-0.1, -0.05) is 6.08 Å². The first-order valence-corrected chi connectivity index (χ1v) is 7.76. The zero-order chi connectivity index (χ0) is 20.1. The van der Waals surface area contributed by atoms with Gasteiger partial charge in [-0.25, -0.2) is 4.79 Å². The fourth-order valence-electron chi connectivity index (χ4n) is 2.41. The van der Waals surface area contributed by atoms with Gasteiger partial charge in [-0.2, -0.15) is 0 Å². The maximum atomic E-state index is 13.0. The molecule has 1 N–H and O–H groups in total. The number of rotatable bonds is 6. The molecule has 142 valence electrons. The Morgan fingerprint density at radius 1 is 1.11 bits per heavy atom. The molecular weight excluding hydrogens is 356 g/mol. The van der Waals surface area contributed by atoms with E-state index in [1.165, 1.54) is 32.4 Å². The average molecular weight is 374 g/mol. The third kappa shape index (κ3) is 3.69. The van der Waals surface area contributed by atoms with Crippen molar-refractivity contribution in [2.45, 2.75) is 6.92 Å². The molecule has 0 atom stereocenters. The lowest BCUT2D eigenvalue weighted by atomic mass is 9.97. The van der Waals surface area contributed by atoms with E-state index in [1.807, 2.05) is 0 Å². The lowest BCUT2D eigenvalue weighted by Gasteiger charge is -2.14. The Balaban J connectivity index is 2.74. The minimum absolute atomic E-state index is 0.00355. The topological polar surface area (TPSA) is 112 Å². The summed E-state index contributed by atoms with van der Waals surface area (Å²) in [5.74, 6) is -2.25. The monoisotopic (exact) mass is 374 g/mol. The van der Waals surface area contributed by atoms with Crippen LogP contribution in [-0.2, 0) is 4.74 Å². The zero-order valence-electron chi connectivity index (χ0n) is 15.2. The Labute approximate surface area is 154 Å². The number of methoxy groups -OCH3 is 3. The molecular formula is C19H18O8. The summed E-state index contributed by atoms with van der Waals surface area (Å²) in [6.07, 6.45) is 3.85. The van der Waals surface area contributed by atoms with Crippen LogP contribution in [-0.4, -0.2) is 38.2 Å². The van der Waals surface area contributed by atoms with Gasteiger partial charge in [0.15, 0.2) is 5.76 Å². The first-order chi connectivity index (χ1) is 12.9. The lowest BCUT2D eigenvalue weighted by Crippen LogP contribution is -2.20. The highest BCUT2D eigenvalue weighted by atomic mass is 16.5. The molecule has 8 nitrogen and oxygen atoms in total. The molecule has 2 aromatic rings. The molecule has 0 bridgehead atoms. The van der Waals surface area contributed by atoms with E-state index < -0.39 is 28.5 Å². The fourth-order valence-corrected chi connectivity index (χ4v) is 2.41. The molecule has 0 aliphatic heterocycles. The molecule has 0 saturated carbocycles. The Kier molecular flexibility index (Phi) is 6.02. The average Bonchev–Trinajstić information content (AvgIpc) is 2.69. The number of benzene rings is 1. The fraction of sp³-hybridized carbons (Fsp3) is 0.211. The molecule has 0 aliphatic rings. The number of hydrogen-bond donors (Lipinski definition) is 1. The van der Waals surface area contributed by atoms with Gasteiger partial charge in [0.1, 0.15) is 23.3 Å². The van der Waals surface area contributed by atoms with Crippen molar-refractivity contribution in [2.24, 2.45) is 0 Å². The number of ether oxygens (including phenoxy) is 3. The van der Waals surface area contributed by atoms with Gasteiger partial charge in [0, 0.05) is 6.07 Å². The van der Waals surface area contributed by atoms with Gasteiger partial charge in [0.2, 0.25) is 17.0 Å². The van der Waals surface area contributed by atoms with E-state index >= 15 is 0 Å². The molecule has 1 heterocycles. The van der Waals surface area contributed by atoms with Crippen molar-refractivity contribution in [1.82, 2.24) is 0 Å². The van der Waals surface area contributed by atoms with E-state index in [1.54, 1.807) is 13.0 Å². The van der Waals surface area contributed by atoms with E-state index in [0.29, 0.717) is 0 Å². The van der Waals surface area contributed by atoms with Crippen molar-refractivity contribution < 1.29 is 33.3 Å². The van der Waals surface area contributed by atoms with Gasteiger partial charge >= 0.3 is 5.97 Å². The smallest absolute Gasteiger partial charge is 0.338 e. The maximum Gasteiger partial charge on any atom is 0.338 e. The highest BCUT2D eigenvalue weighted by Crippen LogP contribution is 2.31. The summed E-state index contributed by atoms with van der Waals surface area (Å²) in [6.45, 7) is 1.67. The Morgan fingerprint density at radius 3 is 2.37 bits per heavy atom. The molecule has 8 heteroatoms. The molecule has 2 rings (SSSR count).